The largest absolute Gasteiger partial charge is 0.376 e. The van der Waals surface area contributed by atoms with Gasteiger partial charge in [-0.2, -0.15) is 0 Å². The summed E-state index contributed by atoms with van der Waals surface area (Å²) in [6.45, 7) is 6.60. The molecule has 1 aliphatic heterocycles. The van der Waals surface area contributed by atoms with E-state index in [0.717, 1.165) is 6.42 Å². The Balaban J connectivity index is 1.79. The smallest absolute Gasteiger partial charge is 0.275 e. The van der Waals surface area contributed by atoms with E-state index < -0.39 is 0 Å². The molecule has 0 radical (unpaired) electrons. The van der Waals surface area contributed by atoms with Gasteiger partial charge >= 0.3 is 0 Å². The van der Waals surface area contributed by atoms with Gasteiger partial charge < -0.3 is 5.32 Å². The van der Waals surface area contributed by atoms with Crippen LogP contribution < -0.4 is 5.32 Å². The van der Waals surface area contributed by atoms with Crippen molar-refractivity contribution in [3.8, 4) is 0 Å². The predicted octanol–water partition coefficient (Wildman–Crippen LogP) is 6.37. The Kier molecular flexibility index (Phi) is 4.26. The quantitative estimate of drug-likeness (QED) is 0.373. The predicted molar refractivity (Wildman–Crippen MR) is 110 cm³/mol. The van der Waals surface area contributed by atoms with Crippen molar-refractivity contribution in [2.24, 2.45) is 5.92 Å². The first kappa shape index (κ1) is 18.1. The van der Waals surface area contributed by atoms with Crippen LogP contribution in [0.1, 0.15) is 55.8 Å². The van der Waals surface area contributed by atoms with Crippen molar-refractivity contribution < 1.29 is 4.92 Å². The summed E-state index contributed by atoms with van der Waals surface area (Å²) in [5, 5.41) is 15.6. The Bertz CT molecular complexity index is 929. The zero-order chi connectivity index (χ0) is 19.3. The topological polar surface area (TPSA) is 55.2 Å². The fourth-order valence-corrected chi connectivity index (χ4v) is 4.55. The average molecular weight is 383 g/mol. The van der Waals surface area contributed by atoms with Crippen molar-refractivity contribution in [1.29, 1.82) is 0 Å². The Morgan fingerprint density at radius 2 is 1.85 bits per heavy atom. The third-order valence-electron chi connectivity index (χ3n) is 5.78. The molecule has 0 unspecified atom stereocenters. The van der Waals surface area contributed by atoms with Gasteiger partial charge in [-0.05, 0) is 34.9 Å². The highest BCUT2D eigenvalue weighted by atomic mass is 35.5. The normalized spacial score (nSPS) is 23.5. The molecule has 4 rings (SSSR count). The fourth-order valence-electron chi connectivity index (χ4n) is 4.33. The van der Waals surface area contributed by atoms with E-state index in [4.69, 9.17) is 11.6 Å². The number of rotatable bonds is 2. The minimum atomic E-state index is -0.307. The summed E-state index contributed by atoms with van der Waals surface area (Å²) in [7, 11) is 0. The van der Waals surface area contributed by atoms with Crippen LogP contribution in [0.3, 0.4) is 0 Å². The van der Waals surface area contributed by atoms with Crippen LogP contribution >= 0.6 is 11.6 Å². The maximum absolute atomic E-state index is 11.6. The van der Waals surface area contributed by atoms with Gasteiger partial charge in [-0.25, -0.2) is 0 Å². The molecule has 0 amide bonds. The maximum atomic E-state index is 11.6. The summed E-state index contributed by atoms with van der Waals surface area (Å²) in [6, 6.07) is 11.9. The van der Waals surface area contributed by atoms with Crippen LogP contribution in [0.15, 0.2) is 48.6 Å². The number of anilines is 1. The summed E-state index contributed by atoms with van der Waals surface area (Å²) in [5.41, 5.74) is 4.14. The number of hydrogen-bond acceptors (Lipinski definition) is 3. The minimum Gasteiger partial charge on any atom is -0.376 e. The molecule has 140 valence electrons. The van der Waals surface area contributed by atoms with Crippen LogP contribution in [-0.2, 0) is 5.41 Å². The van der Waals surface area contributed by atoms with E-state index in [-0.39, 0.29) is 33.9 Å². The van der Waals surface area contributed by atoms with E-state index >= 15 is 0 Å². The molecule has 1 heterocycles. The Morgan fingerprint density at radius 3 is 2.48 bits per heavy atom. The summed E-state index contributed by atoms with van der Waals surface area (Å²) < 4.78 is 0. The molecule has 0 spiro atoms. The Labute approximate surface area is 164 Å². The maximum Gasteiger partial charge on any atom is 0.275 e. The first-order valence-corrected chi connectivity index (χ1v) is 9.65. The SMILES string of the molecule is CC(C)(C)c1ccc([C@@H]2Nc3c(Cl)ccc([N+](=O)[O-])c3[C@@H]3C=CC[C@H]32)cc1. The monoisotopic (exact) mass is 382 g/mol. The van der Waals surface area contributed by atoms with Crippen molar-refractivity contribution in [2.45, 2.75) is 44.6 Å². The second-order valence-electron chi connectivity index (χ2n) is 8.46. The number of benzene rings is 2. The highest BCUT2D eigenvalue weighted by molar-refractivity contribution is 6.33. The van der Waals surface area contributed by atoms with Gasteiger partial charge in [-0.15, -0.1) is 0 Å². The van der Waals surface area contributed by atoms with Crippen molar-refractivity contribution in [3.05, 3.63) is 80.4 Å². The van der Waals surface area contributed by atoms with Gasteiger partial charge in [0.15, 0.2) is 0 Å². The molecule has 1 aliphatic carbocycles. The van der Waals surface area contributed by atoms with Gasteiger partial charge in [0, 0.05) is 12.0 Å². The summed E-state index contributed by atoms with van der Waals surface area (Å²) in [4.78, 5) is 11.3. The molecule has 1 N–H and O–H groups in total. The number of hydrogen-bond donors (Lipinski definition) is 1. The third-order valence-corrected chi connectivity index (χ3v) is 6.09. The Hall–Kier alpha value is -2.33. The zero-order valence-corrected chi connectivity index (χ0v) is 16.5. The number of nitro groups is 1. The van der Waals surface area contributed by atoms with E-state index in [2.05, 4.69) is 62.5 Å². The molecule has 2 aromatic carbocycles. The molecule has 4 nitrogen and oxygen atoms in total. The molecule has 0 saturated carbocycles. The van der Waals surface area contributed by atoms with Gasteiger partial charge in [-0.1, -0.05) is 68.8 Å². The standard InChI is InChI=1S/C22H23ClN2O2/c1-22(2,3)14-9-7-13(8-10-14)20-16-6-4-5-15(16)19-18(25(26)27)12-11-17(23)21(19)24-20/h4-5,7-12,15-16,20,24H,6H2,1-3H3/t15-,16-,20+/m1/s1. The molecule has 5 heteroatoms. The average Bonchev–Trinajstić information content (AvgIpc) is 3.10. The minimum absolute atomic E-state index is 0.00708. The molecule has 0 saturated heterocycles. The van der Waals surface area contributed by atoms with Crippen LogP contribution in [0.25, 0.3) is 0 Å². The highest BCUT2D eigenvalue weighted by Gasteiger charge is 2.42. The lowest BCUT2D eigenvalue weighted by Crippen LogP contribution is -2.30. The number of fused-ring (bicyclic) bond motifs is 3. The third kappa shape index (κ3) is 3.02. The van der Waals surface area contributed by atoms with Gasteiger partial charge in [0.05, 0.1) is 27.2 Å². The molecule has 27 heavy (non-hydrogen) atoms. The van der Waals surface area contributed by atoms with E-state index in [1.54, 1.807) is 6.07 Å². The van der Waals surface area contributed by atoms with E-state index in [1.165, 1.54) is 17.2 Å². The molecular weight excluding hydrogens is 360 g/mol. The number of nitro benzene ring substituents is 1. The first-order valence-electron chi connectivity index (χ1n) is 9.28. The molecule has 3 atom stereocenters. The van der Waals surface area contributed by atoms with E-state index in [9.17, 15) is 10.1 Å². The number of allylic oxidation sites excluding steroid dienone is 2. The lowest BCUT2D eigenvalue weighted by molar-refractivity contribution is -0.385. The first-order chi connectivity index (χ1) is 12.8. The molecule has 0 bridgehead atoms. The Morgan fingerprint density at radius 1 is 1.15 bits per heavy atom. The fraction of sp³-hybridized carbons (Fsp3) is 0.364. The van der Waals surface area contributed by atoms with Crippen LogP contribution in [-0.4, -0.2) is 4.92 Å². The van der Waals surface area contributed by atoms with Crippen LogP contribution in [0.2, 0.25) is 5.02 Å². The van der Waals surface area contributed by atoms with Crippen molar-refractivity contribution >= 4 is 23.0 Å². The van der Waals surface area contributed by atoms with Gasteiger partial charge in [-0.3, -0.25) is 10.1 Å². The van der Waals surface area contributed by atoms with Crippen molar-refractivity contribution in [1.82, 2.24) is 0 Å². The highest BCUT2D eigenvalue weighted by Crippen LogP contribution is 2.54. The summed E-state index contributed by atoms with van der Waals surface area (Å²) in [6.07, 6.45) is 5.13. The lowest BCUT2D eigenvalue weighted by Gasteiger charge is -2.37. The van der Waals surface area contributed by atoms with E-state index in [1.807, 2.05) is 0 Å². The van der Waals surface area contributed by atoms with Crippen molar-refractivity contribution in [2.75, 3.05) is 5.32 Å². The van der Waals surface area contributed by atoms with Gasteiger partial charge in [0.1, 0.15) is 0 Å². The molecule has 2 aliphatic rings. The van der Waals surface area contributed by atoms with Crippen LogP contribution in [0.4, 0.5) is 11.4 Å². The zero-order valence-electron chi connectivity index (χ0n) is 15.7. The summed E-state index contributed by atoms with van der Waals surface area (Å²) >= 11 is 6.44. The number of nitrogens with zero attached hydrogens (tertiary/aromatic N) is 1. The molecule has 2 aromatic rings. The molecular formula is C22H23ClN2O2. The van der Waals surface area contributed by atoms with Gasteiger partial charge in [0.25, 0.3) is 5.69 Å². The van der Waals surface area contributed by atoms with Crippen LogP contribution in [0.5, 0.6) is 0 Å². The molecule has 0 aromatic heterocycles. The number of nitrogens with one attached hydrogen (secondary N) is 1. The summed E-state index contributed by atoms with van der Waals surface area (Å²) in [5.74, 6) is 0.253. The number of halogens is 1. The van der Waals surface area contributed by atoms with Crippen molar-refractivity contribution in [3.63, 3.8) is 0 Å². The van der Waals surface area contributed by atoms with Crippen LogP contribution in [0, 0.1) is 16.0 Å². The van der Waals surface area contributed by atoms with E-state index in [0.29, 0.717) is 16.3 Å². The van der Waals surface area contributed by atoms with Gasteiger partial charge in [0.2, 0.25) is 0 Å². The second-order valence-corrected chi connectivity index (χ2v) is 8.87. The second kappa shape index (κ2) is 6.38. The lowest BCUT2D eigenvalue weighted by atomic mass is 9.76. The molecule has 0 fully saturated rings.